The van der Waals surface area contributed by atoms with Crippen molar-refractivity contribution in [1.82, 2.24) is 4.98 Å². The molecule has 0 aliphatic rings. The van der Waals surface area contributed by atoms with Crippen LogP contribution in [0.5, 0.6) is 0 Å². The van der Waals surface area contributed by atoms with Crippen molar-refractivity contribution >= 4 is 45.8 Å². The van der Waals surface area contributed by atoms with Crippen molar-refractivity contribution < 1.29 is 9.53 Å². The number of nitrogens with one attached hydrogen (secondary N) is 1. The predicted molar refractivity (Wildman–Crippen MR) is 80.3 cm³/mol. The number of benzene rings is 1. The van der Waals surface area contributed by atoms with Crippen LogP contribution >= 0.6 is 23.2 Å². The number of carbonyl (C=O) groups excluding carboxylic acids is 1. The molecule has 5 nitrogen and oxygen atoms in total. The molecule has 0 amide bonds. The summed E-state index contributed by atoms with van der Waals surface area (Å²) in [5, 5.41) is 1.38. The molecule has 0 radical (unpaired) electrons. The highest BCUT2D eigenvalue weighted by Crippen LogP contribution is 2.37. The average Bonchev–Trinajstić information content (AvgIpc) is 2.43. The van der Waals surface area contributed by atoms with Gasteiger partial charge in [-0.15, -0.1) is 0 Å². The van der Waals surface area contributed by atoms with Gasteiger partial charge in [-0.05, 0) is 25.5 Å². The number of carbonyl (C=O) groups is 1. The van der Waals surface area contributed by atoms with E-state index in [0.717, 1.165) is 5.56 Å². The molecule has 0 unspecified atom stereocenters. The fourth-order valence-electron chi connectivity index (χ4n) is 1.94. The third kappa shape index (κ3) is 2.40. The Balaban J connectivity index is 2.82. The van der Waals surface area contributed by atoms with Crippen LogP contribution < -0.4 is 11.3 Å². The summed E-state index contributed by atoms with van der Waals surface area (Å²) in [7, 11) is 0. The van der Waals surface area contributed by atoms with E-state index in [4.69, 9.17) is 33.8 Å². The number of rotatable bonds is 3. The molecule has 2 aromatic rings. The smallest absolute Gasteiger partial charge is 0.341 e. The van der Waals surface area contributed by atoms with Crippen molar-refractivity contribution in [1.29, 1.82) is 0 Å². The number of aromatic nitrogens is 1. The first-order chi connectivity index (χ1) is 9.51. The largest absolute Gasteiger partial charge is 0.462 e. The van der Waals surface area contributed by atoms with Crippen LogP contribution in [0.2, 0.25) is 10.0 Å². The SMILES string of the molecule is CCOC(=O)c1cnc2c(Cl)cc(C)c(Cl)c2c1NN. The van der Waals surface area contributed by atoms with Gasteiger partial charge in [0, 0.05) is 11.6 Å². The van der Waals surface area contributed by atoms with Gasteiger partial charge in [-0.1, -0.05) is 23.2 Å². The minimum atomic E-state index is -0.524. The maximum absolute atomic E-state index is 11.9. The molecule has 0 fully saturated rings. The summed E-state index contributed by atoms with van der Waals surface area (Å²) >= 11 is 12.4. The van der Waals surface area contributed by atoms with E-state index >= 15 is 0 Å². The summed E-state index contributed by atoms with van der Waals surface area (Å²) in [6.45, 7) is 3.78. The normalized spacial score (nSPS) is 10.7. The predicted octanol–water partition coefficient (Wildman–Crippen LogP) is 3.31. The molecule has 1 aromatic carbocycles. The first-order valence-corrected chi connectivity index (χ1v) is 6.67. The Bertz CT molecular complexity index is 689. The van der Waals surface area contributed by atoms with Crippen LogP contribution in [0, 0.1) is 6.92 Å². The molecule has 0 bridgehead atoms. The van der Waals surface area contributed by atoms with Gasteiger partial charge in [0.1, 0.15) is 5.56 Å². The lowest BCUT2D eigenvalue weighted by Crippen LogP contribution is -2.15. The van der Waals surface area contributed by atoms with Crippen molar-refractivity contribution in [2.24, 2.45) is 5.84 Å². The molecule has 7 heteroatoms. The second-order valence-electron chi connectivity index (χ2n) is 4.12. The summed E-state index contributed by atoms with van der Waals surface area (Å²) in [4.78, 5) is 16.1. The number of nitrogens with two attached hydrogens (primary N) is 1. The standard InChI is InChI=1S/C13H13Cl2N3O2/c1-3-20-13(19)7-5-17-12-8(14)4-6(2)10(15)9(12)11(7)18-16/h4-5H,3,16H2,1-2H3,(H,17,18). The number of nitrogen functional groups attached to an aromatic ring is 1. The number of pyridine rings is 1. The molecule has 20 heavy (non-hydrogen) atoms. The summed E-state index contributed by atoms with van der Waals surface area (Å²) in [6.07, 6.45) is 1.37. The molecule has 106 valence electrons. The topological polar surface area (TPSA) is 77.2 Å². The number of esters is 1. The first kappa shape index (κ1) is 14.8. The second-order valence-corrected chi connectivity index (χ2v) is 4.91. The number of nitrogens with zero attached hydrogens (tertiary/aromatic N) is 1. The van der Waals surface area contributed by atoms with E-state index in [0.29, 0.717) is 26.6 Å². The lowest BCUT2D eigenvalue weighted by molar-refractivity contribution is 0.0527. The van der Waals surface area contributed by atoms with Crippen LogP contribution in [0.3, 0.4) is 0 Å². The van der Waals surface area contributed by atoms with Crippen LogP contribution in [-0.4, -0.2) is 17.6 Å². The number of aryl methyl sites for hydroxylation is 1. The molecule has 0 saturated heterocycles. The van der Waals surface area contributed by atoms with Gasteiger partial charge < -0.3 is 10.2 Å². The van der Waals surface area contributed by atoms with Crippen molar-refractivity contribution in [2.45, 2.75) is 13.8 Å². The van der Waals surface area contributed by atoms with Gasteiger partial charge in [0.2, 0.25) is 0 Å². The zero-order chi connectivity index (χ0) is 14.9. The fraction of sp³-hybridized carbons (Fsp3) is 0.231. The zero-order valence-electron chi connectivity index (χ0n) is 11.0. The number of halogens is 2. The van der Waals surface area contributed by atoms with Crippen molar-refractivity contribution in [2.75, 3.05) is 12.0 Å². The number of anilines is 1. The Morgan fingerprint density at radius 3 is 2.80 bits per heavy atom. The number of ether oxygens (including phenoxy) is 1. The molecule has 0 aliphatic heterocycles. The van der Waals surface area contributed by atoms with E-state index in [1.807, 2.05) is 6.92 Å². The Kier molecular flexibility index (Phi) is 4.32. The number of hydrazine groups is 1. The van der Waals surface area contributed by atoms with Gasteiger partial charge in [0.15, 0.2) is 0 Å². The molecular weight excluding hydrogens is 301 g/mol. The highest BCUT2D eigenvalue weighted by molar-refractivity contribution is 6.41. The first-order valence-electron chi connectivity index (χ1n) is 5.92. The van der Waals surface area contributed by atoms with E-state index in [9.17, 15) is 4.79 Å². The monoisotopic (exact) mass is 313 g/mol. The molecule has 1 aromatic heterocycles. The Hall–Kier alpha value is -1.56. The summed E-state index contributed by atoms with van der Waals surface area (Å²) in [6, 6.07) is 1.71. The molecular formula is C13H13Cl2N3O2. The quantitative estimate of drug-likeness (QED) is 0.516. The van der Waals surface area contributed by atoms with Gasteiger partial charge in [0.25, 0.3) is 0 Å². The van der Waals surface area contributed by atoms with Crippen LogP contribution in [-0.2, 0) is 4.74 Å². The minimum absolute atomic E-state index is 0.213. The molecule has 3 N–H and O–H groups in total. The fourth-order valence-corrected chi connectivity index (χ4v) is 2.48. The summed E-state index contributed by atoms with van der Waals surface area (Å²) in [5.74, 6) is 5.01. The third-order valence-corrected chi connectivity index (χ3v) is 3.63. The molecule has 0 spiro atoms. The molecule has 0 aliphatic carbocycles. The van der Waals surface area contributed by atoms with Gasteiger partial charge in [-0.3, -0.25) is 10.8 Å². The third-order valence-electron chi connectivity index (χ3n) is 2.85. The number of hydrogen-bond donors (Lipinski definition) is 2. The second kappa shape index (κ2) is 5.83. The van der Waals surface area contributed by atoms with Gasteiger partial charge in [-0.25, -0.2) is 4.79 Å². The van der Waals surface area contributed by atoms with Crippen LogP contribution in [0.4, 0.5) is 5.69 Å². The molecule has 2 rings (SSSR count). The maximum Gasteiger partial charge on any atom is 0.341 e. The van der Waals surface area contributed by atoms with Gasteiger partial charge in [-0.2, -0.15) is 0 Å². The van der Waals surface area contributed by atoms with Crippen LogP contribution in [0.25, 0.3) is 10.9 Å². The summed E-state index contributed by atoms with van der Waals surface area (Å²) in [5.41, 5.74) is 4.30. The Morgan fingerprint density at radius 2 is 2.20 bits per heavy atom. The highest BCUT2D eigenvalue weighted by atomic mass is 35.5. The van der Waals surface area contributed by atoms with Crippen molar-refractivity contribution in [3.63, 3.8) is 0 Å². The molecule has 0 atom stereocenters. The zero-order valence-corrected chi connectivity index (χ0v) is 12.5. The van der Waals surface area contributed by atoms with Gasteiger partial charge in [0.05, 0.1) is 27.9 Å². The van der Waals surface area contributed by atoms with Crippen molar-refractivity contribution in [3.05, 3.63) is 33.4 Å². The van der Waals surface area contributed by atoms with E-state index in [1.165, 1.54) is 6.20 Å². The Labute approximate surface area is 126 Å². The van der Waals surface area contributed by atoms with Gasteiger partial charge >= 0.3 is 5.97 Å². The average molecular weight is 314 g/mol. The van der Waals surface area contributed by atoms with Crippen molar-refractivity contribution in [3.8, 4) is 0 Å². The molecule has 0 saturated carbocycles. The van der Waals surface area contributed by atoms with Crippen LogP contribution in [0.15, 0.2) is 12.3 Å². The lowest BCUT2D eigenvalue weighted by Gasteiger charge is -2.14. The van der Waals surface area contributed by atoms with E-state index < -0.39 is 5.97 Å². The number of fused-ring (bicyclic) bond motifs is 1. The molecule has 1 heterocycles. The van der Waals surface area contributed by atoms with E-state index in [-0.39, 0.29) is 12.2 Å². The maximum atomic E-state index is 11.9. The van der Waals surface area contributed by atoms with E-state index in [1.54, 1.807) is 13.0 Å². The minimum Gasteiger partial charge on any atom is -0.462 e. The van der Waals surface area contributed by atoms with Crippen LogP contribution in [0.1, 0.15) is 22.8 Å². The van der Waals surface area contributed by atoms with E-state index in [2.05, 4.69) is 10.4 Å². The number of hydrogen-bond acceptors (Lipinski definition) is 5. The summed E-state index contributed by atoms with van der Waals surface area (Å²) < 4.78 is 4.97. The lowest BCUT2D eigenvalue weighted by atomic mass is 10.1. The highest BCUT2D eigenvalue weighted by Gasteiger charge is 2.20. The Morgan fingerprint density at radius 1 is 1.50 bits per heavy atom.